The Morgan fingerprint density at radius 2 is 1.25 bits per heavy atom. The number of carboxylic acid groups (broad SMARTS) is 1. The monoisotopic (exact) mass is 284 g/mol. The highest BCUT2D eigenvalue weighted by atomic mass is 16.4. The van der Waals surface area contributed by atoms with E-state index in [0.29, 0.717) is 6.42 Å². The minimum atomic E-state index is -0.654. The highest BCUT2D eigenvalue weighted by Gasteiger charge is 2.00. The fourth-order valence-electron chi connectivity index (χ4n) is 2.82. The van der Waals surface area contributed by atoms with Crippen LogP contribution in [0.4, 0.5) is 0 Å². The van der Waals surface area contributed by atoms with E-state index >= 15 is 0 Å². The van der Waals surface area contributed by atoms with Crippen molar-refractivity contribution in [2.24, 2.45) is 5.92 Å². The zero-order valence-electron chi connectivity index (χ0n) is 13.8. The summed E-state index contributed by atoms with van der Waals surface area (Å²) in [5.74, 6) is 0.268. The molecule has 1 unspecified atom stereocenters. The van der Waals surface area contributed by atoms with Gasteiger partial charge in [0.1, 0.15) is 0 Å². The summed E-state index contributed by atoms with van der Waals surface area (Å²) in [6.07, 6.45) is 17.2. The molecule has 0 aliphatic rings. The van der Waals surface area contributed by atoms with E-state index in [1.165, 1.54) is 70.6 Å². The molecule has 2 nitrogen and oxygen atoms in total. The van der Waals surface area contributed by atoms with E-state index < -0.39 is 5.97 Å². The van der Waals surface area contributed by atoms with Crippen molar-refractivity contribution in [3.63, 3.8) is 0 Å². The van der Waals surface area contributed by atoms with Gasteiger partial charge in [-0.1, -0.05) is 90.9 Å². The Hall–Kier alpha value is -0.530. The third-order valence-corrected chi connectivity index (χ3v) is 4.12. The van der Waals surface area contributed by atoms with E-state index in [4.69, 9.17) is 5.11 Å². The minimum absolute atomic E-state index is 0.344. The van der Waals surface area contributed by atoms with E-state index in [1.54, 1.807) is 0 Å². The molecule has 0 rings (SSSR count). The van der Waals surface area contributed by atoms with Crippen LogP contribution >= 0.6 is 0 Å². The first-order valence-electron chi connectivity index (χ1n) is 8.88. The molecule has 0 aromatic rings. The molecule has 1 atom stereocenters. The normalized spacial score (nSPS) is 12.5. The molecule has 0 saturated carbocycles. The lowest BCUT2D eigenvalue weighted by Crippen LogP contribution is -1.93. The molecule has 120 valence electrons. The molecule has 0 aromatic carbocycles. The van der Waals surface area contributed by atoms with Crippen LogP contribution in [0.15, 0.2) is 0 Å². The van der Waals surface area contributed by atoms with E-state index in [9.17, 15) is 4.79 Å². The van der Waals surface area contributed by atoms with Gasteiger partial charge in [-0.15, -0.1) is 0 Å². The maximum atomic E-state index is 10.3. The molecule has 0 heterocycles. The second kappa shape index (κ2) is 14.9. The second-order valence-electron chi connectivity index (χ2n) is 6.36. The average molecular weight is 284 g/mol. The smallest absolute Gasteiger partial charge is 0.303 e. The van der Waals surface area contributed by atoms with Crippen LogP contribution in [0.3, 0.4) is 0 Å². The minimum Gasteiger partial charge on any atom is -0.481 e. The molecule has 0 radical (unpaired) electrons. The SMILES string of the molecule is CCCC(C)CCCCCCCCCCCCC(=O)O. The molecule has 20 heavy (non-hydrogen) atoms. The average Bonchev–Trinajstić information content (AvgIpc) is 2.40. The van der Waals surface area contributed by atoms with Crippen LogP contribution in [0.1, 0.15) is 104 Å². The lowest BCUT2D eigenvalue weighted by Gasteiger charge is -2.09. The molecular formula is C18H36O2. The Morgan fingerprint density at radius 3 is 1.70 bits per heavy atom. The topological polar surface area (TPSA) is 37.3 Å². The van der Waals surface area contributed by atoms with E-state index in [-0.39, 0.29) is 0 Å². The fraction of sp³-hybridized carbons (Fsp3) is 0.944. The van der Waals surface area contributed by atoms with Gasteiger partial charge in [0.25, 0.3) is 0 Å². The number of hydrogen-bond donors (Lipinski definition) is 1. The van der Waals surface area contributed by atoms with Gasteiger partial charge in [-0.3, -0.25) is 4.79 Å². The van der Waals surface area contributed by atoms with Gasteiger partial charge in [-0.05, 0) is 12.3 Å². The molecule has 0 bridgehead atoms. The summed E-state index contributed by atoms with van der Waals surface area (Å²) in [5.41, 5.74) is 0. The molecule has 0 aromatic heterocycles. The molecule has 0 spiro atoms. The van der Waals surface area contributed by atoms with Crippen molar-refractivity contribution in [3.05, 3.63) is 0 Å². The Labute approximate surface area is 126 Å². The summed E-state index contributed by atoms with van der Waals surface area (Å²) >= 11 is 0. The quantitative estimate of drug-likeness (QED) is 0.364. The summed E-state index contributed by atoms with van der Waals surface area (Å²) in [7, 11) is 0. The van der Waals surface area contributed by atoms with Crippen LogP contribution in [-0.4, -0.2) is 11.1 Å². The number of rotatable bonds is 15. The van der Waals surface area contributed by atoms with Gasteiger partial charge in [0.2, 0.25) is 0 Å². The first-order valence-corrected chi connectivity index (χ1v) is 8.88. The van der Waals surface area contributed by atoms with Crippen molar-refractivity contribution in [1.29, 1.82) is 0 Å². The molecule has 0 amide bonds. The van der Waals surface area contributed by atoms with Gasteiger partial charge in [-0.25, -0.2) is 0 Å². The van der Waals surface area contributed by atoms with Crippen molar-refractivity contribution in [1.82, 2.24) is 0 Å². The fourth-order valence-corrected chi connectivity index (χ4v) is 2.82. The van der Waals surface area contributed by atoms with Gasteiger partial charge < -0.3 is 5.11 Å². The van der Waals surface area contributed by atoms with Crippen LogP contribution in [0.5, 0.6) is 0 Å². The molecule has 2 heteroatoms. The van der Waals surface area contributed by atoms with Crippen LogP contribution in [0, 0.1) is 5.92 Å². The van der Waals surface area contributed by atoms with Gasteiger partial charge in [0, 0.05) is 6.42 Å². The highest BCUT2D eigenvalue weighted by Crippen LogP contribution is 2.16. The van der Waals surface area contributed by atoms with Gasteiger partial charge >= 0.3 is 5.97 Å². The zero-order valence-corrected chi connectivity index (χ0v) is 13.8. The summed E-state index contributed by atoms with van der Waals surface area (Å²) in [6, 6.07) is 0. The van der Waals surface area contributed by atoms with E-state index in [1.807, 2.05) is 0 Å². The second-order valence-corrected chi connectivity index (χ2v) is 6.36. The Morgan fingerprint density at radius 1 is 0.800 bits per heavy atom. The maximum Gasteiger partial charge on any atom is 0.303 e. The third kappa shape index (κ3) is 15.5. The van der Waals surface area contributed by atoms with Crippen molar-refractivity contribution in [2.75, 3.05) is 0 Å². The van der Waals surface area contributed by atoms with E-state index in [2.05, 4.69) is 13.8 Å². The van der Waals surface area contributed by atoms with Gasteiger partial charge in [-0.2, -0.15) is 0 Å². The number of unbranched alkanes of at least 4 members (excludes halogenated alkanes) is 9. The standard InChI is InChI=1S/C18H36O2/c1-3-14-17(2)15-12-10-8-6-4-5-7-9-11-13-16-18(19)20/h17H,3-16H2,1-2H3,(H,19,20). The first-order chi connectivity index (χ1) is 9.66. The van der Waals surface area contributed by atoms with Gasteiger partial charge in [0.15, 0.2) is 0 Å². The van der Waals surface area contributed by atoms with Crippen LogP contribution in [-0.2, 0) is 4.79 Å². The third-order valence-electron chi connectivity index (χ3n) is 4.12. The number of carbonyl (C=O) groups is 1. The summed E-state index contributed by atoms with van der Waals surface area (Å²) in [4.78, 5) is 10.3. The number of carboxylic acids is 1. The van der Waals surface area contributed by atoms with Gasteiger partial charge in [0.05, 0.1) is 0 Å². The van der Waals surface area contributed by atoms with Crippen molar-refractivity contribution in [2.45, 2.75) is 104 Å². The maximum absolute atomic E-state index is 10.3. The summed E-state index contributed by atoms with van der Waals surface area (Å²) in [5, 5.41) is 8.52. The van der Waals surface area contributed by atoms with Crippen LogP contribution in [0.2, 0.25) is 0 Å². The zero-order chi connectivity index (χ0) is 15.1. The highest BCUT2D eigenvalue weighted by molar-refractivity contribution is 5.66. The van der Waals surface area contributed by atoms with Crippen LogP contribution in [0.25, 0.3) is 0 Å². The molecule has 0 saturated heterocycles. The van der Waals surface area contributed by atoms with Crippen molar-refractivity contribution >= 4 is 5.97 Å². The van der Waals surface area contributed by atoms with Crippen molar-refractivity contribution < 1.29 is 9.90 Å². The lowest BCUT2D eigenvalue weighted by atomic mass is 9.98. The predicted molar refractivity (Wildman–Crippen MR) is 87.1 cm³/mol. The Bertz CT molecular complexity index is 213. The number of aliphatic carboxylic acids is 1. The Kier molecular flexibility index (Phi) is 14.5. The van der Waals surface area contributed by atoms with E-state index in [0.717, 1.165) is 18.8 Å². The molecule has 0 aliphatic heterocycles. The Balaban J connectivity index is 3.04. The van der Waals surface area contributed by atoms with Crippen molar-refractivity contribution in [3.8, 4) is 0 Å². The molecule has 0 aliphatic carbocycles. The summed E-state index contributed by atoms with van der Waals surface area (Å²) in [6.45, 7) is 4.66. The lowest BCUT2D eigenvalue weighted by molar-refractivity contribution is -0.137. The number of hydrogen-bond acceptors (Lipinski definition) is 1. The van der Waals surface area contributed by atoms with Crippen LogP contribution < -0.4 is 0 Å². The predicted octanol–water partition coefficient (Wildman–Crippen LogP) is 6.19. The molecule has 1 N–H and O–H groups in total. The first kappa shape index (κ1) is 19.5. The molecule has 0 fully saturated rings. The molecular weight excluding hydrogens is 248 g/mol. The summed E-state index contributed by atoms with van der Waals surface area (Å²) < 4.78 is 0. The largest absolute Gasteiger partial charge is 0.481 e.